The molecule has 3 N–H and O–H groups in total. The number of nitro groups is 1. The number of methoxy groups -OCH3 is 1. The molecule has 0 unspecified atom stereocenters. The first-order valence-corrected chi connectivity index (χ1v) is 6.16. The maximum Gasteiger partial charge on any atom is 0.332 e. The number of anilines is 2. The minimum atomic E-state index is -0.525. The van der Waals surface area contributed by atoms with Crippen molar-refractivity contribution in [2.24, 2.45) is 0 Å². The van der Waals surface area contributed by atoms with Crippen LogP contribution >= 0.6 is 0 Å². The van der Waals surface area contributed by atoms with Crippen molar-refractivity contribution < 1.29 is 9.66 Å². The molecule has 21 heavy (non-hydrogen) atoms. The molecular formula is C13H15N5O3. The van der Waals surface area contributed by atoms with Gasteiger partial charge < -0.3 is 15.8 Å². The lowest BCUT2D eigenvalue weighted by atomic mass is 10.2. The largest absolute Gasteiger partial charge is 0.497 e. The SMILES string of the molecule is COc1cccc(CNc2nc(N)nc(C)c2[N+](=O)[O-])c1. The Hall–Kier alpha value is -2.90. The molecule has 8 heteroatoms. The van der Waals surface area contributed by atoms with Gasteiger partial charge in [0.1, 0.15) is 11.4 Å². The molecule has 0 saturated carbocycles. The first-order chi connectivity index (χ1) is 10.0. The Labute approximate surface area is 121 Å². The van der Waals surface area contributed by atoms with Gasteiger partial charge in [0.25, 0.3) is 0 Å². The summed E-state index contributed by atoms with van der Waals surface area (Å²) in [7, 11) is 1.58. The summed E-state index contributed by atoms with van der Waals surface area (Å²) in [5.74, 6) is 0.807. The van der Waals surface area contributed by atoms with E-state index in [0.29, 0.717) is 12.3 Å². The standard InChI is InChI=1S/C13H15N5O3/c1-8-11(18(19)20)12(17-13(14)16-8)15-7-9-4-3-5-10(6-9)21-2/h3-6H,7H2,1-2H3,(H3,14,15,16,17). The van der Waals surface area contributed by atoms with Crippen molar-refractivity contribution in [2.75, 3.05) is 18.2 Å². The number of benzene rings is 1. The highest BCUT2D eigenvalue weighted by Gasteiger charge is 2.21. The summed E-state index contributed by atoms with van der Waals surface area (Å²) in [5.41, 5.74) is 6.49. The highest BCUT2D eigenvalue weighted by molar-refractivity contribution is 5.60. The fraction of sp³-hybridized carbons (Fsp3) is 0.231. The van der Waals surface area contributed by atoms with Gasteiger partial charge in [0.2, 0.25) is 11.8 Å². The van der Waals surface area contributed by atoms with Crippen LogP contribution in [0, 0.1) is 17.0 Å². The Balaban J connectivity index is 2.25. The van der Waals surface area contributed by atoms with Gasteiger partial charge in [0.05, 0.1) is 12.0 Å². The van der Waals surface area contributed by atoms with Crippen molar-refractivity contribution in [2.45, 2.75) is 13.5 Å². The van der Waals surface area contributed by atoms with Crippen LogP contribution in [0.1, 0.15) is 11.3 Å². The average Bonchev–Trinajstić information content (AvgIpc) is 2.44. The van der Waals surface area contributed by atoms with Crippen LogP contribution < -0.4 is 15.8 Å². The van der Waals surface area contributed by atoms with E-state index in [1.54, 1.807) is 7.11 Å². The van der Waals surface area contributed by atoms with Crippen LogP contribution in [0.2, 0.25) is 0 Å². The summed E-state index contributed by atoms with van der Waals surface area (Å²) in [5, 5.41) is 14.0. The van der Waals surface area contributed by atoms with E-state index in [-0.39, 0.29) is 23.1 Å². The highest BCUT2D eigenvalue weighted by Crippen LogP contribution is 2.26. The molecule has 1 aromatic heterocycles. The number of ether oxygens (including phenoxy) is 1. The zero-order valence-electron chi connectivity index (χ0n) is 11.7. The maximum atomic E-state index is 11.1. The van der Waals surface area contributed by atoms with Crippen LogP contribution in [0.4, 0.5) is 17.5 Å². The van der Waals surface area contributed by atoms with Gasteiger partial charge in [-0.2, -0.15) is 4.98 Å². The van der Waals surface area contributed by atoms with E-state index in [4.69, 9.17) is 10.5 Å². The van der Waals surface area contributed by atoms with E-state index in [1.165, 1.54) is 6.92 Å². The Morgan fingerprint density at radius 3 is 2.86 bits per heavy atom. The molecule has 0 aliphatic heterocycles. The Morgan fingerprint density at radius 2 is 2.19 bits per heavy atom. The number of nitrogens with two attached hydrogens (primary N) is 1. The second-order valence-electron chi connectivity index (χ2n) is 4.33. The third-order valence-corrected chi connectivity index (χ3v) is 2.85. The quantitative estimate of drug-likeness (QED) is 0.637. The van der Waals surface area contributed by atoms with E-state index >= 15 is 0 Å². The number of hydrogen-bond donors (Lipinski definition) is 2. The van der Waals surface area contributed by atoms with E-state index in [2.05, 4.69) is 15.3 Å². The van der Waals surface area contributed by atoms with E-state index in [0.717, 1.165) is 5.56 Å². The molecule has 8 nitrogen and oxygen atoms in total. The number of nitrogens with zero attached hydrogens (tertiary/aromatic N) is 3. The maximum absolute atomic E-state index is 11.1. The van der Waals surface area contributed by atoms with Crippen LogP contribution in [0.3, 0.4) is 0 Å². The predicted octanol–water partition coefficient (Wildman–Crippen LogP) is 1.90. The van der Waals surface area contributed by atoms with Gasteiger partial charge in [-0.25, -0.2) is 4.98 Å². The minimum absolute atomic E-state index is 0.00811. The summed E-state index contributed by atoms with van der Waals surface area (Å²) < 4.78 is 5.13. The van der Waals surface area contributed by atoms with Crippen molar-refractivity contribution >= 4 is 17.5 Å². The molecule has 0 atom stereocenters. The number of nitrogens with one attached hydrogen (secondary N) is 1. The minimum Gasteiger partial charge on any atom is -0.497 e. The average molecular weight is 289 g/mol. The molecular weight excluding hydrogens is 274 g/mol. The molecule has 0 aliphatic rings. The van der Waals surface area contributed by atoms with Gasteiger partial charge in [0, 0.05) is 6.54 Å². The Bertz CT molecular complexity index is 675. The zero-order valence-corrected chi connectivity index (χ0v) is 11.7. The molecule has 2 rings (SSSR count). The van der Waals surface area contributed by atoms with Crippen molar-refractivity contribution in [3.05, 3.63) is 45.6 Å². The van der Waals surface area contributed by atoms with Crippen molar-refractivity contribution in [3.8, 4) is 5.75 Å². The van der Waals surface area contributed by atoms with Crippen LogP contribution in [-0.4, -0.2) is 22.0 Å². The van der Waals surface area contributed by atoms with Gasteiger partial charge in [-0.15, -0.1) is 0 Å². The van der Waals surface area contributed by atoms with Crippen molar-refractivity contribution in [1.29, 1.82) is 0 Å². The molecule has 0 fully saturated rings. The molecule has 0 bridgehead atoms. The first-order valence-electron chi connectivity index (χ1n) is 6.16. The summed E-state index contributed by atoms with van der Waals surface area (Å²) in [6.07, 6.45) is 0. The molecule has 110 valence electrons. The monoisotopic (exact) mass is 289 g/mol. The Morgan fingerprint density at radius 1 is 1.43 bits per heavy atom. The lowest BCUT2D eigenvalue weighted by molar-refractivity contribution is -0.385. The lowest BCUT2D eigenvalue weighted by Crippen LogP contribution is -2.09. The number of aryl methyl sites for hydroxylation is 1. The Kier molecular flexibility index (Phi) is 4.17. The summed E-state index contributed by atoms with van der Waals surface area (Å²) in [6, 6.07) is 7.36. The third kappa shape index (κ3) is 3.35. The summed E-state index contributed by atoms with van der Waals surface area (Å²) in [6.45, 7) is 1.88. The normalized spacial score (nSPS) is 10.2. The number of hydrogen-bond acceptors (Lipinski definition) is 7. The van der Waals surface area contributed by atoms with Crippen LogP contribution in [0.15, 0.2) is 24.3 Å². The molecule has 0 amide bonds. The molecule has 2 aromatic rings. The predicted molar refractivity (Wildman–Crippen MR) is 78.2 cm³/mol. The summed E-state index contributed by atoms with van der Waals surface area (Å²) in [4.78, 5) is 18.3. The molecule has 0 radical (unpaired) electrons. The highest BCUT2D eigenvalue weighted by atomic mass is 16.6. The second-order valence-corrected chi connectivity index (χ2v) is 4.33. The topological polar surface area (TPSA) is 116 Å². The van der Waals surface area contributed by atoms with Gasteiger partial charge in [0.15, 0.2) is 0 Å². The molecule has 1 aromatic carbocycles. The second kappa shape index (κ2) is 6.04. The smallest absolute Gasteiger partial charge is 0.332 e. The van der Waals surface area contributed by atoms with E-state index in [9.17, 15) is 10.1 Å². The van der Waals surface area contributed by atoms with Crippen molar-refractivity contribution in [3.63, 3.8) is 0 Å². The van der Waals surface area contributed by atoms with Crippen LogP contribution in [-0.2, 0) is 6.54 Å². The third-order valence-electron chi connectivity index (χ3n) is 2.85. The molecule has 1 heterocycles. The van der Waals surface area contributed by atoms with Gasteiger partial charge in [-0.1, -0.05) is 12.1 Å². The molecule has 0 saturated heterocycles. The molecule has 0 spiro atoms. The fourth-order valence-electron chi connectivity index (χ4n) is 1.90. The first kappa shape index (κ1) is 14.5. The zero-order chi connectivity index (χ0) is 15.4. The van der Waals surface area contributed by atoms with E-state index in [1.807, 2.05) is 24.3 Å². The summed E-state index contributed by atoms with van der Waals surface area (Å²) >= 11 is 0. The van der Waals surface area contributed by atoms with Gasteiger partial charge in [-0.05, 0) is 24.6 Å². The van der Waals surface area contributed by atoms with Gasteiger partial charge >= 0.3 is 5.69 Å². The lowest BCUT2D eigenvalue weighted by Gasteiger charge is -2.09. The fourth-order valence-corrected chi connectivity index (χ4v) is 1.90. The number of aromatic nitrogens is 2. The number of nitrogen functional groups attached to an aromatic ring is 1. The van der Waals surface area contributed by atoms with Crippen LogP contribution in [0.5, 0.6) is 5.75 Å². The van der Waals surface area contributed by atoms with Crippen molar-refractivity contribution in [1.82, 2.24) is 9.97 Å². The number of rotatable bonds is 5. The van der Waals surface area contributed by atoms with Gasteiger partial charge in [-0.3, -0.25) is 10.1 Å². The van der Waals surface area contributed by atoms with E-state index < -0.39 is 4.92 Å². The van der Waals surface area contributed by atoms with Crippen LogP contribution in [0.25, 0.3) is 0 Å². The molecule has 0 aliphatic carbocycles.